The Morgan fingerprint density at radius 1 is 1.62 bits per heavy atom. The molecular weight excluding hydrogens is 277 g/mol. The van der Waals surface area contributed by atoms with Crippen molar-refractivity contribution in [3.8, 4) is 6.01 Å². The second-order valence-corrected chi connectivity index (χ2v) is 4.44. The summed E-state index contributed by atoms with van der Waals surface area (Å²) in [5.74, 6) is 0.433. The van der Waals surface area contributed by atoms with Gasteiger partial charge in [0.25, 0.3) is 0 Å². The van der Waals surface area contributed by atoms with E-state index in [1.54, 1.807) is 13.1 Å². The first-order chi connectivity index (χ1) is 7.54. The zero-order valence-corrected chi connectivity index (χ0v) is 10.5. The zero-order valence-electron chi connectivity index (χ0n) is 8.94. The van der Waals surface area contributed by atoms with Crippen LogP contribution >= 0.6 is 15.9 Å². The van der Waals surface area contributed by atoms with Gasteiger partial charge in [0.2, 0.25) is 4.73 Å². The lowest BCUT2D eigenvalue weighted by atomic mass is 10.0. The summed E-state index contributed by atoms with van der Waals surface area (Å²) in [6.45, 7) is 1.93. The lowest BCUT2D eigenvalue weighted by Crippen LogP contribution is -2.08. The fourth-order valence-corrected chi connectivity index (χ4v) is 1.92. The lowest BCUT2D eigenvalue weighted by molar-refractivity contribution is 0.336. The molecule has 1 aliphatic rings. The van der Waals surface area contributed by atoms with Gasteiger partial charge in [0.1, 0.15) is 11.6 Å². The van der Waals surface area contributed by atoms with Crippen LogP contribution in [0.3, 0.4) is 0 Å². The highest BCUT2D eigenvalue weighted by atomic mass is 79.9. The average molecular weight is 288 g/mol. The van der Waals surface area contributed by atoms with Crippen molar-refractivity contribution in [2.45, 2.75) is 13.3 Å². The van der Waals surface area contributed by atoms with Gasteiger partial charge in [-0.15, -0.1) is 5.10 Å². The highest BCUT2D eigenvalue weighted by molar-refractivity contribution is 9.10. The van der Waals surface area contributed by atoms with Gasteiger partial charge in [0, 0.05) is 19.5 Å². The Hall–Kier alpha value is -1.17. The van der Waals surface area contributed by atoms with Crippen LogP contribution < -0.4 is 4.74 Å². The molecule has 0 fully saturated rings. The molecule has 0 spiro atoms. The number of allylic oxidation sites excluding steroid dienone is 4. The number of ether oxygens (including phenoxy) is 1. The minimum atomic E-state index is -0.269. The summed E-state index contributed by atoms with van der Waals surface area (Å²) in [5, 5.41) is 3.98. The van der Waals surface area contributed by atoms with Gasteiger partial charge in [-0.3, -0.25) is 0 Å². The number of hydrogen-bond donors (Lipinski definition) is 0. The number of hydrogen-bond acceptors (Lipinski definition) is 3. The summed E-state index contributed by atoms with van der Waals surface area (Å²) in [6, 6.07) is 0.347. The van der Waals surface area contributed by atoms with E-state index >= 15 is 0 Å². The molecule has 0 saturated carbocycles. The topological polar surface area (TPSA) is 39.9 Å². The van der Waals surface area contributed by atoms with E-state index in [-0.39, 0.29) is 11.7 Å². The van der Waals surface area contributed by atoms with E-state index in [0.717, 1.165) is 0 Å². The van der Waals surface area contributed by atoms with Crippen molar-refractivity contribution in [2.24, 2.45) is 13.0 Å². The minimum absolute atomic E-state index is 0.136. The number of rotatable bonds is 2. The molecule has 6 heteroatoms. The van der Waals surface area contributed by atoms with Crippen molar-refractivity contribution < 1.29 is 9.13 Å². The summed E-state index contributed by atoms with van der Waals surface area (Å²) in [4.78, 5) is 4.02. The molecule has 1 aromatic heterocycles. The van der Waals surface area contributed by atoms with Gasteiger partial charge in [0.15, 0.2) is 0 Å². The molecule has 86 valence electrons. The molecule has 16 heavy (non-hydrogen) atoms. The predicted molar refractivity (Wildman–Crippen MR) is 60.4 cm³/mol. The van der Waals surface area contributed by atoms with Crippen molar-refractivity contribution in [3.63, 3.8) is 0 Å². The summed E-state index contributed by atoms with van der Waals surface area (Å²) >= 11 is 3.14. The second-order valence-electron chi connectivity index (χ2n) is 3.73. The fourth-order valence-electron chi connectivity index (χ4n) is 1.53. The van der Waals surface area contributed by atoms with Gasteiger partial charge >= 0.3 is 6.01 Å². The Morgan fingerprint density at radius 3 is 2.94 bits per heavy atom. The van der Waals surface area contributed by atoms with Crippen molar-refractivity contribution >= 4 is 15.9 Å². The molecule has 0 bridgehead atoms. The van der Waals surface area contributed by atoms with Crippen LogP contribution in [0.1, 0.15) is 13.3 Å². The molecule has 1 unspecified atom stereocenters. The third-order valence-electron chi connectivity index (χ3n) is 2.19. The Morgan fingerprint density at radius 2 is 2.38 bits per heavy atom. The van der Waals surface area contributed by atoms with Crippen molar-refractivity contribution in [1.82, 2.24) is 14.8 Å². The molecule has 1 aromatic rings. The summed E-state index contributed by atoms with van der Waals surface area (Å²) in [6.07, 6.45) is 3.61. The molecule has 0 saturated heterocycles. The number of nitrogens with zero attached hydrogens (tertiary/aromatic N) is 3. The molecule has 0 aliphatic heterocycles. The average Bonchev–Trinajstić information content (AvgIpc) is 2.43. The van der Waals surface area contributed by atoms with Crippen LogP contribution in [-0.2, 0) is 7.05 Å². The van der Waals surface area contributed by atoms with E-state index in [2.05, 4.69) is 26.0 Å². The normalized spacial score (nSPS) is 20.4. The van der Waals surface area contributed by atoms with E-state index in [0.29, 0.717) is 22.9 Å². The van der Waals surface area contributed by atoms with Crippen LogP contribution in [0.25, 0.3) is 0 Å². The summed E-state index contributed by atoms with van der Waals surface area (Å²) < 4.78 is 20.6. The Labute approximate surface area is 101 Å². The highest BCUT2D eigenvalue weighted by Gasteiger charge is 2.16. The van der Waals surface area contributed by atoms with Crippen LogP contribution in [0.5, 0.6) is 6.01 Å². The van der Waals surface area contributed by atoms with Gasteiger partial charge in [-0.2, -0.15) is 4.98 Å². The van der Waals surface area contributed by atoms with Crippen molar-refractivity contribution in [3.05, 3.63) is 28.5 Å². The molecular formula is C10H11BrFN3O. The van der Waals surface area contributed by atoms with Crippen LogP contribution in [0.15, 0.2) is 28.5 Å². The molecule has 1 atom stereocenters. The molecule has 0 amide bonds. The van der Waals surface area contributed by atoms with Gasteiger partial charge in [-0.1, -0.05) is 6.92 Å². The fraction of sp³-hybridized carbons (Fsp3) is 0.400. The molecule has 0 aromatic carbocycles. The molecule has 0 radical (unpaired) electrons. The first-order valence-corrected chi connectivity index (χ1v) is 5.66. The minimum Gasteiger partial charge on any atom is -0.429 e. The zero-order chi connectivity index (χ0) is 11.7. The maximum absolute atomic E-state index is 13.1. The van der Waals surface area contributed by atoms with Crippen molar-refractivity contribution in [2.75, 3.05) is 0 Å². The van der Waals surface area contributed by atoms with E-state index in [4.69, 9.17) is 4.74 Å². The van der Waals surface area contributed by atoms with Gasteiger partial charge < -0.3 is 4.74 Å². The number of aryl methyl sites for hydroxylation is 1. The second kappa shape index (κ2) is 4.37. The smallest absolute Gasteiger partial charge is 0.320 e. The quantitative estimate of drug-likeness (QED) is 0.840. The Bertz CT molecular complexity index is 467. The third-order valence-corrected chi connectivity index (χ3v) is 2.52. The van der Waals surface area contributed by atoms with Gasteiger partial charge in [-0.05, 0) is 27.9 Å². The maximum atomic E-state index is 13.1. The van der Waals surface area contributed by atoms with Crippen LogP contribution in [0.4, 0.5) is 4.39 Å². The number of halogens is 2. The largest absolute Gasteiger partial charge is 0.429 e. The third kappa shape index (κ3) is 2.49. The Balaban J connectivity index is 2.16. The molecule has 1 aliphatic carbocycles. The van der Waals surface area contributed by atoms with E-state index in [1.165, 1.54) is 10.8 Å². The first-order valence-electron chi connectivity index (χ1n) is 4.87. The van der Waals surface area contributed by atoms with E-state index in [9.17, 15) is 4.39 Å². The molecule has 2 rings (SSSR count). The lowest BCUT2D eigenvalue weighted by Gasteiger charge is -2.15. The molecule has 4 nitrogen and oxygen atoms in total. The maximum Gasteiger partial charge on any atom is 0.320 e. The van der Waals surface area contributed by atoms with Crippen LogP contribution in [0, 0.1) is 5.92 Å². The Kier molecular flexibility index (Phi) is 3.09. The monoisotopic (exact) mass is 287 g/mol. The van der Waals surface area contributed by atoms with Gasteiger partial charge in [0.05, 0.1) is 0 Å². The first kappa shape index (κ1) is 11.3. The predicted octanol–water partition coefficient (Wildman–Crippen LogP) is 2.73. The molecule has 1 heterocycles. The SMILES string of the molecule is CC1C=C(F)C=C(Oc2nc(Br)nn2C)C1. The van der Waals surface area contributed by atoms with E-state index < -0.39 is 0 Å². The summed E-state index contributed by atoms with van der Waals surface area (Å²) in [5.41, 5.74) is 0. The standard InChI is InChI=1S/C10H11BrFN3O/c1-6-3-7(12)5-8(4-6)16-10-13-9(11)14-15(10)2/h3,5-6H,4H2,1-2H3. The van der Waals surface area contributed by atoms with Crippen LogP contribution in [0.2, 0.25) is 0 Å². The van der Waals surface area contributed by atoms with Crippen LogP contribution in [-0.4, -0.2) is 14.8 Å². The highest BCUT2D eigenvalue weighted by Crippen LogP contribution is 2.25. The van der Waals surface area contributed by atoms with E-state index in [1.807, 2.05) is 6.92 Å². The van der Waals surface area contributed by atoms with Crippen molar-refractivity contribution in [1.29, 1.82) is 0 Å². The summed E-state index contributed by atoms with van der Waals surface area (Å²) in [7, 11) is 1.71. The number of aromatic nitrogens is 3. The van der Waals surface area contributed by atoms with Gasteiger partial charge in [-0.25, -0.2) is 9.07 Å². The molecule has 0 N–H and O–H groups in total.